The van der Waals surface area contributed by atoms with Crippen LogP contribution in [-0.4, -0.2) is 26.2 Å². The van der Waals surface area contributed by atoms with Gasteiger partial charge in [0, 0.05) is 6.07 Å². The van der Waals surface area contributed by atoms with Gasteiger partial charge in [-0.1, -0.05) is 11.8 Å². The first-order valence-corrected chi connectivity index (χ1v) is 4.88. The van der Waals surface area contributed by atoms with E-state index in [1.807, 2.05) is 0 Å². The summed E-state index contributed by atoms with van der Waals surface area (Å²) in [5, 5.41) is 18.8. The van der Waals surface area contributed by atoms with Gasteiger partial charge < -0.3 is 5.11 Å². The molecule has 1 N–H and O–H groups in total. The number of thioether (sulfide) groups is 1. The highest BCUT2D eigenvalue weighted by molar-refractivity contribution is 8.00. The number of carboxylic acid groups (broad SMARTS) is 1. The first-order chi connectivity index (χ1) is 7.00. The highest BCUT2D eigenvalue weighted by Crippen LogP contribution is 2.22. The maximum atomic E-state index is 10.5. The summed E-state index contributed by atoms with van der Waals surface area (Å²) in [5.41, 5.74) is -0.109. The molecule has 1 atom stereocenters. The van der Waals surface area contributed by atoms with Gasteiger partial charge in [-0.2, -0.15) is 0 Å². The third-order valence-electron chi connectivity index (χ3n) is 1.58. The molecule has 0 aromatic carbocycles. The van der Waals surface area contributed by atoms with Crippen molar-refractivity contribution >= 4 is 23.4 Å². The number of hydrogen-bond acceptors (Lipinski definition) is 5. The molecule has 15 heavy (non-hydrogen) atoms. The lowest BCUT2D eigenvalue weighted by atomic mass is 10.4. The van der Waals surface area contributed by atoms with Crippen molar-refractivity contribution in [1.29, 1.82) is 0 Å². The standard InChI is InChI=1S/C8H8N2O4S/c1-5(8(11)12)15-7-3-2-6(4-9-7)10(13)14/h2-5H,1H3,(H,11,12). The number of nitrogens with zero attached hydrogens (tertiary/aromatic N) is 2. The maximum absolute atomic E-state index is 10.5. The van der Waals surface area contributed by atoms with Crippen LogP contribution in [0.5, 0.6) is 0 Å². The molecule has 1 heterocycles. The Hall–Kier alpha value is -1.63. The minimum Gasteiger partial charge on any atom is -0.480 e. The lowest BCUT2D eigenvalue weighted by molar-refractivity contribution is -0.385. The molecule has 0 aliphatic carbocycles. The highest BCUT2D eigenvalue weighted by atomic mass is 32.2. The molecule has 0 saturated carbocycles. The number of aliphatic carboxylic acids is 1. The van der Waals surface area contributed by atoms with E-state index in [-0.39, 0.29) is 5.69 Å². The molecule has 1 aromatic rings. The lowest BCUT2D eigenvalue weighted by Gasteiger charge is -2.03. The van der Waals surface area contributed by atoms with Crippen LogP contribution in [0, 0.1) is 10.1 Å². The fraction of sp³-hybridized carbons (Fsp3) is 0.250. The van der Waals surface area contributed by atoms with Crippen LogP contribution in [-0.2, 0) is 4.79 Å². The van der Waals surface area contributed by atoms with E-state index in [4.69, 9.17) is 5.11 Å². The molecular formula is C8H8N2O4S. The van der Waals surface area contributed by atoms with E-state index in [2.05, 4.69) is 4.98 Å². The van der Waals surface area contributed by atoms with Crippen LogP contribution in [0.25, 0.3) is 0 Å². The van der Waals surface area contributed by atoms with Crippen molar-refractivity contribution in [2.24, 2.45) is 0 Å². The van der Waals surface area contributed by atoms with Gasteiger partial charge in [0.05, 0.1) is 9.95 Å². The third kappa shape index (κ3) is 3.21. The van der Waals surface area contributed by atoms with Crippen molar-refractivity contribution in [3.63, 3.8) is 0 Å². The van der Waals surface area contributed by atoms with Crippen LogP contribution in [0.15, 0.2) is 23.4 Å². The lowest BCUT2D eigenvalue weighted by Crippen LogP contribution is -2.11. The van der Waals surface area contributed by atoms with Crippen LogP contribution < -0.4 is 0 Å². The predicted octanol–water partition coefficient (Wildman–Crippen LogP) is 1.55. The molecule has 1 unspecified atom stereocenters. The first-order valence-electron chi connectivity index (χ1n) is 4.00. The van der Waals surface area contributed by atoms with Gasteiger partial charge in [0.1, 0.15) is 11.4 Å². The van der Waals surface area contributed by atoms with Crippen molar-refractivity contribution in [2.75, 3.05) is 0 Å². The summed E-state index contributed by atoms with van der Waals surface area (Å²) in [6.45, 7) is 1.52. The second-order valence-electron chi connectivity index (χ2n) is 2.71. The normalized spacial score (nSPS) is 12.1. The molecule has 0 spiro atoms. The zero-order valence-corrected chi connectivity index (χ0v) is 8.60. The number of carbonyl (C=O) groups is 1. The molecule has 0 bridgehead atoms. The minimum atomic E-state index is -0.944. The smallest absolute Gasteiger partial charge is 0.316 e. The Morgan fingerprint density at radius 3 is 2.73 bits per heavy atom. The number of hydrogen-bond donors (Lipinski definition) is 1. The molecular weight excluding hydrogens is 220 g/mol. The van der Waals surface area contributed by atoms with Crippen molar-refractivity contribution < 1.29 is 14.8 Å². The molecule has 6 nitrogen and oxygen atoms in total. The monoisotopic (exact) mass is 228 g/mol. The summed E-state index contributed by atoms with van der Waals surface area (Å²) in [5.74, 6) is -0.944. The Kier molecular flexibility index (Phi) is 3.62. The Morgan fingerprint density at radius 1 is 1.67 bits per heavy atom. The highest BCUT2D eigenvalue weighted by Gasteiger charge is 2.14. The Morgan fingerprint density at radius 2 is 2.33 bits per heavy atom. The fourth-order valence-electron chi connectivity index (χ4n) is 0.782. The molecule has 0 fully saturated rings. The van der Waals surface area contributed by atoms with Crippen molar-refractivity contribution in [2.45, 2.75) is 17.2 Å². The summed E-state index contributed by atoms with van der Waals surface area (Å²) >= 11 is 1.04. The van der Waals surface area contributed by atoms with Gasteiger partial charge in [0.2, 0.25) is 0 Å². The van der Waals surface area contributed by atoms with Crippen molar-refractivity contribution in [3.8, 4) is 0 Å². The van der Waals surface area contributed by atoms with E-state index in [1.54, 1.807) is 0 Å². The second kappa shape index (κ2) is 4.74. The molecule has 7 heteroatoms. The quantitative estimate of drug-likeness (QED) is 0.477. The number of carboxylic acids is 1. The van der Waals surface area contributed by atoms with E-state index < -0.39 is 16.1 Å². The zero-order valence-electron chi connectivity index (χ0n) is 7.78. The molecule has 0 aliphatic rings. The predicted molar refractivity (Wildman–Crippen MR) is 53.8 cm³/mol. The van der Waals surface area contributed by atoms with Crippen molar-refractivity contribution in [3.05, 3.63) is 28.4 Å². The number of pyridine rings is 1. The molecule has 1 aromatic heterocycles. The molecule has 0 aliphatic heterocycles. The van der Waals surface area contributed by atoms with Gasteiger partial charge >= 0.3 is 5.97 Å². The van der Waals surface area contributed by atoms with Gasteiger partial charge in [-0.15, -0.1) is 0 Å². The van der Waals surface area contributed by atoms with E-state index in [9.17, 15) is 14.9 Å². The van der Waals surface area contributed by atoms with Gasteiger partial charge in [0.15, 0.2) is 0 Å². The van der Waals surface area contributed by atoms with Crippen LogP contribution >= 0.6 is 11.8 Å². The summed E-state index contributed by atoms with van der Waals surface area (Å²) in [7, 11) is 0. The number of rotatable bonds is 4. The summed E-state index contributed by atoms with van der Waals surface area (Å²) < 4.78 is 0. The van der Waals surface area contributed by atoms with Crippen LogP contribution in [0.3, 0.4) is 0 Å². The third-order valence-corrected chi connectivity index (χ3v) is 2.62. The second-order valence-corrected chi connectivity index (χ2v) is 4.07. The van der Waals surface area contributed by atoms with E-state index >= 15 is 0 Å². The average molecular weight is 228 g/mol. The van der Waals surface area contributed by atoms with Crippen LogP contribution in [0.1, 0.15) is 6.92 Å². The maximum Gasteiger partial charge on any atom is 0.316 e. The zero-order chi connectivity index (χ0) is 11.4. The number of aromatic nitrogens is 1. The van der Waals surface area contributed by atoms with Gasteiger partial charge in [-0.25, -0.2) is 4.98 Å². The molecule has 0 saturated heterocycles. The largest absolute Gasteiger partial charge is 0.480 e. The Balaban J connectivity index is 2.72. The van der Waals surface area contributed by atoms with Gasteiger partial charge in [-0.3, -0.25) is 14.9 Å². The van der Waals surface area contributed by atoms with Crippen molar-refractivity contribution in [1.82, 2.24) is 4.98 Å². The van der Waals surface area contributed by atoms with Gasteiger partial charge in [-0.05, 0) is 13.0 Å². The van der Waals surface area contributed by atoms with Crippen LogP contribution in [0.4, 0.5) is 5.69 Å². The molecule has 0 amide bonds. The molecule has 1 rings (SSSR count). The van der Waals surface area contributed by atoms with Gasteiger partial charge in [0.25, 0.3) is 5.69 Å². The average Bonchev–Trinajstić information content (AvgIpc) is 2.18. The Bertz CT molecular complexity index is 379. The first kappa shape index (κ1) is 11.4. The topological polar surface area (TPSA) is 93.3 Å². The summed E-state index contributed by atoms with van der Waals surface area (Å²) in [4.78, 5) is 24.1. The van der Waals surface area contributed by atoms with E-state index in [0.29, 0.717) is 5.03 Å². The van der Waals surface area contributed by atoms with E-state index in [1.165, 1.54) is 19.1 Å². The molecule has 80 valence electrons. The minimum absolute atomic E-state index is 0.109. The van der Waals surface area contributed by atoms with E-state index in [0.717, 1.165) is 18.0 Å². The summed E-state index contributed by atoms with van der Waals surface area (Å²) in [6, 6.07) is 2.73. The molecule has 0 radical (unpaired) electrons. The number of nitro groups is 1. The SMILES string of the molecule is CC(Sc1ccc([N+](=O)[O-])cn1)C(=O)O. The summed E-state index contributed by atoms with van der Waals surface area (Å²) in [6.07, 6.45) is 1.11. The fourth-order valence-corrected chi connectivity index (χ4v) is 1.50. The Labute approximate surface area is 89.5 Å². The van der Waals surface area contributed by atoms with Crippen LogP contribution in [0.2, 0.25) is 0 Å².